The molecule has 0 saturated carbocycles. The van der Waals surface area contributed by atoms with Crippen molar-refractivity contribution in [3.05, 3.63) is 118 Å². The first kappa shape index (κ1) is 31.8. The Kier molecular flexibility index (Phi) is 9.26. The third kappa shape index (κ3) is 6.44. The van der Waals surface area contributed by atoms with Gasteiger partial charge in [-0.15, -0.1) is 0 Å². The molecule has 1 fully saturated rings. The Bertz CT molecular complexity index is 1970. The number of rotatable bonds is 11. The number of Topliss-reactive ketones (excluding diaryl/α,β-unsaturated/α-hetero) is 1. The second-order valence-corrected chi connectivity index (χ2v) is 12.4. The lowest BCUT2D eigenvalue weighted by atomic mass is 9.95. The Balaban J connectivity index is 1.47. The molecule has 1 aliphatic rings. The van der Waals surface area contributed by atoms with E-state index in [1.807, 2.05) is 70.2 Å². The van der Waals surface area contributed by atoms with Gasteiger partial charge in [-0.05, 0) is 91.9 Å². The molecule has 1 aliphatic heterocycles. The van der Waals surface area contributed by atoms with Crippen molar-refractivity contribution in [1.82, 2.24) is 4.98 Å². The number of aromatic nitrogens is 1. The zero-order chi connectivity index (χ0) is 33.1. The van der Waals surface area contributed by atoms with Crippen molar-refractivity contribution in [1.29, 1.82) is 0 Å². The number of aliphatic hydroxyl groups is 1. The van der Waals surface area contributed by atoms with Crippen LogP contribution in [0.25, 0.3) is 16.0 Å². The minimum Gasteiger partial charge on any atom is -0.507 e. The standard InChI is InChI=1S/C38H36N2O6S/c1-5-18-45-28-15-12-26(13-16-28)35(41)32-34(27-14-17-29(30(21-27)44-6-2)46-22-25-10-8-7-9-11-25)40(37(43)36(32)42)38-39-33-24(4)19-23(3)20-31(33)47-38/h7-17,19-21,34,41H,5-6,18,22H2,1-4H3. The van der Waals surface area contributed by atoms with Crippen LogP contribution in [0.5, 0.6) is 17.2 Å². The van der Waals surface area contributed by atoms with Gasteiger partial charge in [0.15, 0.2) is 16.6 Å². The number of hydrogen-bond acceptors (Lipinski definition) is 8. The Hall–Kier alpha value is -5.15. The molecule has 1 aromatic heterocycles. The van der Waals surface area contributed by atoms with Gasteiger partial charge in [0.1, 0.15) is 18.1 Å². The summed E-state index contributed by atoms with van der Waals surface area (Å²) in [6.07, 6.45) is 0.857. The van der Waals surface area contributed by atoms with Crippen LogP contribution in [0.15, 0.2) is 90.5 Å². The van der Waals surface area contributed by atoms with Crippen LogP contribution in [-0.2, 0) is 16.2 Å². The second kappa shape index (κ2) is 13.7. The molecule has 0 bridgehead atoms. The molecule has 1 atom stereocenters. The van der Waals surface area contributed by atoms with Crippen LogP contribution in [0.4, 0.5) is 5.13 Å². The van der Waals surface area contributed by atoms with Gasteiger partial charge in [-0.2, -0.15) is 0 Å². The molecule has 0 radical (unpaired) electrons. The summed E-state index contributed by atoms with van der Waals surface area (Å²) >= 11 is 1.33. The van der Waals surface area contributed by atoms with Crippen molar-refractivity contribution in [2.45, 2.75) is 46.8 Å². The van der Waals surface area contributed by atoms with Gasteiger partial charge >= 0.3 is 5.91 Å². The highest BCUT2D eigenvalue weighted by Gasteiger charge is 2.48. The normalized spacial score (nSPS) is 15.7. The van der Waals surface area contributed by atoms with E-state index in [0.717, 1.165) is 33.3 Å². The zero-order valence-electron chi connectivity index (χ0n) is 26.8. The predicted molar refractivity (Wildman–Crippen MR) is 184 cm³/mol. The average Bonchev–Trinajstić information content (AvgIpc) is 3.61. The number of aryl methyl sites for hydroxylation is 2. The topological polar surface area (TPSA) is 98.2 Å². The molecule has 8 nitrogen and oxygen atoms in total. The minimum absolute atomic E-state index is 0.0372. The summed E-state index contributed by atoms with van der Waals surface area (Å²) in [4.78, 5) is 34.0. The van der Waals surface area contributed by atoms with Crippen LogP contribution >= 0.6 is 11.3 Å². The van der Waals surface area contributed by atoms with Gasteiger partial charge in [-0.25, -0.2) is 4.98 Å². The third-order valence-corrected chi connectivity index (χ3v) is 8.89. The number of carbonyl (C=O) groups is 2. The number of anilines is 1. The molecule has 1 N–H and O–H groups in total. The maximum atomic E-state index is 13.9. The van der Waals surface area contributed by atoms with Crippen molar-refractivity contribution in [3.63, 3.8) is 0 Å². The van der Waals surface area contributed by atoms with E-state index in [9.17, 15) is 14.7 Å². The van der Waals surface area contributed by atoms with Crippen LogP contribution in [0.3, 0.4) is 0 Å². The first-order valence-corrected chi connectivity index (χ1v) is 16.5. The number of ketones is 1. The van der Waals surface area contributed by atoms with E-state index >= 15 is 0 Å². The van der Waals surface area contributed by atoms with E-state index in [-0.39, 0.29) is 11.3 Å². The number of hydrogen-bond donors (Lipinski definition) is 1. The van der Waals surface area contributed by atoms with E-state index < -0.39 is 17.7 Å². The van der Waals surface area contributed by atoms with Crippen molar-refractivity contribution >= 4 is 44.1 Å². The Morgan fingerprint density at radius 3 is 2.38 bits per heavy atom. The Labute approximate surface area is 277 Å². The summed E-state index contributed by atoms with van der Waals surface area (Å²) in [6.45, 7) is 9.14. The first-order chi connectivity index (χ1) is 22.8. The van der Waals surface area contributed by atoms with Crippen LogP contribution in [0.2, 0.25) is 0 Å². The molecule has 0 aliphatic carbocycles. The van der Waals surface area contributed by atoms with E-state index in [4.69, 9.17) is 19.2 Å². The zero-order valence-corrected chi connectivity index (χ0v) is 27.6. The number of amides is 1. The number of fused-ring (bicyclic) bond motifs is 1. The third-order valence-electron chi connectivity index (χ3n) is 7.89. The summed E-state index contributed by atoms with van der Waals surface area (Å²) in [5.41, 5.74) is 4.72. The molecule has 5 aromatic rings. The number of carbonyl (C=O) groups excluding carboxylic acids is 2. The molecule has 0 spiro atoms. The number of thiazole rings is 1. The van der Waals surface area contributed by atoms with E-state index in [0.29, 0.717) is 53.3 Å². The molecule has 1 unspecified atom stereocenters. The van der Waals surface area contributed by atoms with Crippen molar-refractivity contribution in [3.8, 4) is 17.2 Å². The molecule has 2 heterocycles. The molecule has 1 saturated heterocycles. The number of benzene rings is 4. The van der Waals surface area contributed by atoms with E-state index in [1.54, 1.807) is 42.5 Å². The van der Waals surface area contributed by atoms with Gasteiger partial charge < -0.3 is 19.3 Å². The fourth-order valence-electron chi connectivity index (χ4n) is 5.71. The summed E-state index contributed by atoms with van der Waals surface area (Å²) in [5, 5.41) is 12.1. The Morgan fingerprint density at radius 2 is 1.66 bits per heavy atom. The van der Waals surface area contributed by atoms with Crippen LogP contribution in [0, 0.1) is 13.8 Å². The lowest BCUT2D eigenvalue weighted by Gasteiger charge is -2.24. The minimum atomic E-state index is -0.977. The largest absolute Gasteiger partial charge is 0.507 e. The Morgan fingerprint density at radius 1 is 0.894 bits per heavy atom. The van der Waals surface area contributed by atoms with Crippen LogP contribution in [-0.4, -0.2) is 35.0 Å². The summed E-state index contributed by atoms with van der Waals surface area (Å²) in [7, 11) is 0. The highest BCUT2D eigenvalue weighted by Crippen LogP contribution is 2.46. The fraction of sp³-hybridized carbons (Fsp3) is 0.237. The average molecular weight is 649 g/mol. The molecular formula is C38H36N2O6S. The summed E-state index contributed by atoms with van der Waals surface area (Å²) in [5.74, 6) is -0.227. The molecule has 6 rings (SSSR count). The quantitative estimate of drug-likeness (QED) is 0.0874. The molecule has 47 heavy (non-hydrogen) atoms. The van der Waals surface area contributed by atoms with E-state index in [1.165, 1.54) is 16.2 Å². The summed E-state index contributed by atoms with van der Waals surface area (Å²) < 4.78 is 18.7. The monoisotopic (exact) mass is 648 g/mol. The van der Waals surface area contributed by atoms with Crippen molar-refractivity contribution in [2.75, 3.05) is 18.1 Å². The molecule has 4 aromatic carbocycles. The van der Waals surface area contributed by atoms with Gasteiger partial charge in [0.05, 0.1) is 35.0 Å². The predicted octanol–water partition coefficient (Wildman–Crippen LogP) is 8.31. The van der Waals surface area contributed by atoms with Crippen molar-refractivity contribution in [2.24, 2.45) is 0 Å². The van der Waals surface area contributed by atoms with Gasteiger partial charge in [0, 0.05) is 5.56 Å². The number of nitrogens with zero attached hydrogens (tertiary/aromatic N) is 2. The van der Waals surface area contributed by atoms with Gasteiger partial charge in [-0.3, -0.25) is 14.5 Å². The summed E-state index contributed by atoms with van der Waals surface area (Å²) in [6, 6.07) is 25.1. The van der Waals surface area contributed by atoms with Crippen LogP contribution < -0.4 is 19.1 Å². The highest BCUT2D eigenvalue weighted by molar-refractivity contribution is 7.22. The van der Waals surface area contributed by atoms with Gasteiger partial charge in [-0.1, -0.05) is 60.7 Å². The lowest BCUT2D eigenvalue weighted by molar-refractivity contribution is -0.132. The maximum Gasteiger partial charge on any atom is 0.301 e. The fourth-order valence-corrected chi connectivity index (χ4v) is 6.88. The lowest BCUT2D eigenvalue weighted by Crippen LogP contribution is -2.29. The van der Waals surface area contributed by atoms with Gasteiger partial charge in [0.2, 0.25) is 0 Å². The van der Waals surface area contributed by atoms with Gasteiger partial charge in [0.25, 0.3) is 5.78 Å². The smallest absolute Gasteiger partial charge is 0.301 e. The number of aliphatic hydroxyl groups excluding tert-OH is 1. The van der Waals surface area contributed by atoms with Crippen molar-refractivity contribution < 1.29 is 28.9 Å². The first-order valence-electron chi connectivity index (χ1n) is 15.6. The molecule has 1 amide bonds. The SMILES string of the molecule is CCCOc1ccc(C(O)=C2C(=O)C(=O)N(c3nc4c(C)cc(C)cc4s3)C2c2ccc(OCc3ccccc3)c(OCC)c2)cc1. The maximum absolute atomic E-state index is 13.9. The molecule has 240 valence electrons. The molecule has 9 heteroatoms. The highest BCUT2D eigenvalue weighted by atomic mass is 32.1. The number of ether oxygens (including phenoxy) is 3. The second-order valence-electron chi connectivity index (χ2n) is 11.4. The van der Waals surface area contributed by atoms with Crippen LogP contribution in [0.1, 0.15) is 54.1 Å². The molecular weight excluding hydrogens is 612 g/mol. The van der Waals surface area contributed by atoms with E-state index in [2.05, 4.69) is 0 Å².